The van der Waals surface area contributed by atoms with Gasteiger partial charge >= 0.3 is 0 Å². The first-order valence-electron chi connectivity index (χ1n) is 7.39. The second-order valence-corrected chi connectivity index (χ2v) is 5.96. The Balaban J connectivity index is 1.83. The van der Waals surface area contributed by atoms with Crippen molar-refractivity contribution in [2.24, 2.45) is 9.98 Å². The molecule has 3 aromatic rings. The van der Waals surface area contributed by atoms with E-state index in [-0.39, 0.29) is 0 Å². The molecular weight excluding hydrogens is 302 g/mol. The molecule has 114 valence electrons. The van der Waals surface area contributed by atoms with Gasteiger partial charge < -0.3 is 0 Å². The van der Waals surface area contributed by atoms with Crippen LogP contribution >= 0.6 is 11.3 Å². The van der Waals surface area contributed by atoms with Crippen LogP contribution in [0.2, 0.25) is 0 Å². The smallest absolute Gasteiger partial charge is 0.138 e. The minimum Gasteiger partial charge on any atom is -0.251 e. The number of benzene rings is 2. The van der Waals surface area contributed by atoms with Crippen molar-refractivity contribution in [2.75, 3.05) is 0 Å². The number of aromatic nitrogens is 1. The predicted molar refractivity (Wildman–Crippen MR) is 98.7 cm³/mol. The molecular formula is C19H17N3S. The van der Waals surface area contributed by atoms with Gasteiger partial charge in [0.2, 0.25) is 0 Å². The van der Waals surface area contributed by atoms with E-state index >= 15 is 0 Å². The Morgan fingerprint density at radius 2 is 1.30 bits per heavy atom. The van der Waals surface area contributed by atoms with Gasteiger partial charge in [0.05, 0.1) is 28.5 Å². The maximum atomic E-state index is 4.66. The van der Waals surface area contributed by atoms with Crippen LogP contribution in [-0.4, -0.2) is 16.4 Å². The Bertz CT molecular complexity index is 763. The van der Waals surface area contributed by atoms with Crippen LogP contribution in [0.3, 0.4) is 0 Å². The van der Waals surface area contributed by atoms with Crippen molar-refractivity contribution in [2.45, 2.75) is 13.8 Å². The van der Waals surface area contributed by atoms with E-state index in [2.05, 4.69) is 15.0 Å². The summed E-state index contributed by atoms with van der Waals surface area (Å²) in [7, 11) is 0. The van der Waals surface area contributed by atoms with Gasteiger partial charge in [-0.25, -0.2) is 4.98 Å². The van der Waals surface area contributed by atoms with Crippen LogP contribution in [-0.2, 0) is 0 Å². The van der Waals surface area contributed by atoms with Crippen molar-refractivity contribution in [3.8, 4) is 0 Å². The summed E-state index contributed by atoms with van der Waals surface area (Å²) in [6.07, 6.45) is 0. The quantitative estimate of drug-likeness (QED) is 0.591. The summed E-state index contributed by atoms with van der Waals surface area (Å²) < 4.78 is 0. The standard InChI is InChI=1S/C19H17N3S/c1-14(20-16-9-5-3-6-10-16)18-13-23-19(22-18)15(2)21-17-11-7-4-8-12-17/h3-13H,1-2H3. The lowest BCUT2D eigenvalue weighted by atomic mass is 10.3. The van der Waals surface area contributed by atoms with Crippen molar-refractivity contribution >= 4 is 34.1 Å². The zero-order valence-corrected chi connectivity index (χ0v) is 13.9. The summed E-state index contributed by atoms with van der Waals surface area (Å²) in [5.41, 5.74) is 4.60. The molecule has 0 unspecified atom stereocenters. The van der Waals surface area contributed by atoms with Crippen molar-refractivity contribution in [3.05, 3.63) is 76.7 Å². The lowest BCUT2D eigenvalue weighted by Crippen LogP contribution is -1.98. The summed E-state index contributed by atoms with van der Waals surface area (Å²) in [5.74, 6) is 0. The number of hydrogen-bond donors (Lipinski definition) is 0. The highest BCUT2D eigenvalue weighted by Crippen LogP contribution is 2.18. The number of rotatable bonds is 4. The first-order chi connectivity index (χ1) is 11.2. The molecule has 0 amide bonds. The maximum Gasteiger partial charge on any atom is 0.138 e. The van der Waals surface area contributed by atoms with Crippen molar-refractivity contribution in [1.82, 2.24) is 4.98 Å². The summed E-state index contributed by atoms with van der Waals surface area (Å²) in [5, 5.41) is 2.95. The van der Waals surface area contributed by atoms with E-state index in [4.69, 9.17) is 0 Å². The number of nitrogens with zero attached hydrogens (tertiary/aromatic N) is 3. The molecule has 0 saturated carbocycles. The topological polar surface area (TPSA) is 37.6 Å². The molecule has 3 rings (SSSR count). The number of thiazole rings is 1. The fourth-order valence-electron chi connectivity index (χ4n) is 2.10. The van der Waals surface area contributed by atoms with E-state index in [0.717, 1.165) is 33.5 Å². The molecule has 3 nitrogen and oxygen atoms in total. The van der Waals surface area contributed by atoms with Gasteiger partial charge in [0.15, 0.2) is 0 Å². The van der Waals surface area contributed by atoms with Crippen molar-refractivity contribution in [3.63, 3.8) is 0 Å². The molecule has 0 bridgehead atoms. The second-order valence-electron chi connectivity index (χ2n) is 5.10. The zero-order valence-electron chi connectivity index (χ0n) is 13.1. The fourth-order valence-corrected chi connectivity index (χ4v) is 2.92. The lowest BCUT2D eigenvalue weighted by molar-refractivity contribution is 1.31. The molecule has 23 heavy (non-hydrogen) atoms. The number of para-hydroxylation sites is 2. The Morgan fingerprint density at radius 3 is 1.87 bits per heavy atom. The van der Waals surface area contributed by atoms with E-state index < -0.39 is 0 Å². The third-order valence-corrected chi connectivity index (χ3v) is 4.24. The van der Waals surface area contributed by atoms with Gasteiger partial charge in [-0.2, -0.15) is 0 Å². The van der Waals surface area contributed by atoms with Gasteiger partial charge in [0.1, 0.15) is 5.01 Å². The molecule has 0 fully saturated rings. The fraction of sp³-hybridized carbons (Fsp3) is 0.105. The average molecular weight is 319 g/mol. The van der Waals surface area contributed by atoms with Crippen LogP contribution in [0.15, 0.2) is 76.0 Å². The van der Waals surface area contributed by atoms with E-state index in [1.165, 1.54) is 0 Å². The molecule has 1 aromatic heterocycles. The summed E-state index contributed by atoms with van der Waals surface area (Å²) in [4.78, 5) is 13.9. The Labute approximate surface area is 140 Å². The summed E-state index contributed by atoms with van der Waals surface area (Å²) >= 11 is 1.59. The first kappa shape index (κ1) is 15.3. The van der Waals surface area contributed by atoms with E-state index in [1.807, 2.05) is 79.9 Å². The van der Waals surface area contributed by atoms with Gasteiger partial charge in [-0.1, -0.05) is 36.4 Å². The Morgan fingerprint density at radius 1 is 0.783 bits per heavy atom. The highest BCUT2D eigenvalue weighted by molar-refractivity contribution is 7.12. The molecule has 0 saturated heterocycles. The van der Waals surface area contributed by atoms with Gasteiger partial charge in [-0.05, 0) is 38.1 Å². The summed E-state index contributed by atoms with van der Waals surface area (Å²) in [6, 6.07) is 19.8. The molecule has 0 atom stereocenters. The minimum atomic E-state index is 0.900. The third kappa shape index (κ3) is 3.99. The van der Waals surface area contributed by atoms with Crippen LogP contribution in [0.1, 0.15) is 24.5 Å². The van der Waals surface area contributed by atoms with Crippen LogP contribution in [0.4, 0.5) is 11.4 Å². The monoisotopic (exact) mass is 319 g/mol. The summed E-state index contributed by atoms with van der Waals surface area (Å²) in [6.45, 7) is 3.97. The Hall–Kier alpha value is -2.59. The van der Waals surface area contributed by atoms with Crippen LogP contribution in [0.5, 0.6) is 0 Å². The predicted octanol–water partition coefficient (Wildman–Crippen LogP) is 5.42. The normalized spacial score (nSPS) is 12.4. The van der Waals surface area contributed by atoms with E-state index in [9.17, 15) is 0 Å². The highest BCUT2D eigenvalue weighted by atomic mass is 32.1. The van der Waals surface area contributed by atoms with Crippen molar-refractivity contribution in [1.29, 1.82) is 0 Å². The maximum absolute atomic E-state index is 4.66. The largest absolute Gasteiger partial charge is 0.251 e. The van der Waals surface area contributed by atoms with Crippen LogP contribution < -0.4 is 0 Å². The molecule has 0 N–H and O–H groups in total. The molecule has 0 spiro atoms. The van der Waals surface area contributed by atoms with Crippen molar-refractivity contribution < 1.29 is 0 Å². The van der Waals surface area contributed by atoms with Gasteiger partial charge in [-0.15, -0.1) is 11.3 Å². The molecule has 0 aliphatic rings. The zero-order chi connectivity index (χ0) is 16.1. The van der Waals surface area contributed by atoms with Gasteiger partial charge in [0.25, 0.3) is 0 Å². The van der Waals surface area contributed by atoms with Crippen LogP contribution in [0.25, 0.3) is 0 Å². The number of aliphatic imine (C=N–C) groups is 2. The SMILES string of the molecule is CC(=Nc1ccccc1)c1csc(C(C)=Nc2ccccc2)n1. The molecule has 2 aromatic carbocycles. The third-order valence-electron chi connectivity index (χ3n) is 3.29. The van der Waals surface area contributed by atoms with E-state index in [0.29, 0.717) is 0 Å². The van der Waals surface area contributed by atoms with E-state index in [1.54, 1.807) is 11.3 Å². The minimum absolute atomic E-state index is 0.900. The first-order valence-corrected chi connectivity index (χ1v) is 8.27. The average Bonchev–Trinajstić information content (AvgIpc) is 3.07. The molecule has 0 aliphatic heterocycles. The van der Waals surface area contributed by atoms with Crippen LogP contribution in [0, 0.1) is 0 Å². The molecule has 1 heterocycles. The molecule has 0 aliphatic carbocycles. The van der Waals surface area contributed by atoms with Gasteiger partial charge in [0, 0.05) is 5.38 Å². The second kappa shape index (κ2) is 7.11. The molecule has 4 heteroatoms. The number of hydrogen-bond acceptors (Lipinski definition) is 4. The molecule has 0 radical (unpaired) electrons. The highest BCUT2D eigenvalue weighted by Gasteiger charge is 2.07. The van der Waals surface area contributed by atoms with Gasteiger partial charge in [-0.3, -0.25) is 9.98 Å². The lowest BCUT2D eigenvalue weighted by Gasteiger charge is -1.98. The Kier molecular flexibility index (Phi) is 4.74.